The molecule has 224 valence electrons. The molecule has 4 heterocycles. The van der Waals surface area contributed by atoms with E-state index in [2.05, 4.69) is 65.4 Å². The van der Waals surface area contributed by atoms with E-state index in [4.69, 9.17) is 28.5 Å². The van der Waals surface area contributed by atoms with Gasteiger partial charge in [-0.1, -0.05) is 55.4 Å². The lowest BCUT2D eigenvalue weighted by molar-refractivity contribution is -0.136. The van der Waals surface area contributed by atoms with Gasteiger partial charge < -0.3 is 28.5 Å². The molecule has 2 aliphatic heterocycles. The van der Waals surface area contributed by atoms with Gasteiger partial charge in [0, 0.05) is 23.9 Å². The van der Waals surface area contributed by atoms with Crippen molar-refractivity contribution in [3.63, 3.8) is 0 Å². The van der Waals surface area contributed by atoms with Crippen LogP contribution in [0.25, 0.3) is 11.0 Å². The van der Waals surface area contributed by atoms with Crippen molar-refractivity contribution in [2.24, 2.45) is 0 Å². The summed E-state index contributed by atoms with van der Waals surface area (Å²) in [6, 6.07) is 0. The number of ether oxygens (including phenoxy) is 1. The Kier molecular flexibility index (Phi) is 9.29. The van der Waals surface area contributed by atoms with Crippen LogP contribution in [0.4, 0.5) is 5.95 Å². The number of nitrogen functional groups attached to an aromatic ring is 1. The lowest BCUT2D eigenvalue weighted by atomic mass is 10.1. The third kappa shape index (κ3) is 5.68. The van der Waals surface area contributed by atoms with Gasteiger partial charge in [-0.15, -0.1) is 0 Å². The van der Waals surface area contributed by atoms with Crippen LogP contribution in [0.3, 0.4) is 0 Å². The first kappa shape index (κ1) is 31.3. The zero-order chi connectivity index (χ0) is 29.6. The molecule has 2 aliphatic rings. The van der Waals surface area contributed by atoms with Gasteiger partial charge in [0.15, 0.2) is 0 Å². The van der Waals surface area contributed by atoms with Crippen LogP contribution in [0, 0.1) is 0 Å². The standard InChI is InChI=1S/C26H44N4O7SSi2/c1-14(2)39(15(3)4)34-13-21-20(36-40(37-39,16(5)6)17(7)8)11-19(35-21)18-12-30(38-10-9-22(31)32)24-23(18)28-26(27)29-25(24)33/h12,14-17,19-21H,9-11,13H2,1-8H3,(H,31,32)(H3,27,28,29,33)/t19-,20?,21-/m1/s1. The molecule has 3 atom stereocenters. The predicted molar refractivity (Wildman–Crippen MR) is 161 cm³/mol. The first-order valence-corrected chi connectivity index (χ1v) is 19.0. The summed E-state index contributed by atoms with van der Waals surface area (Å²) in [7, 11) is -5.48. The minimum absolute atomic E-state index is 0.0136. The predicted octanol–water partition coefficient (Wildman–Crippen LogP) is 5.06. The fourth-order valence-corrected chi connectivity index (χ4v) is 18.2. The van der Waals surface area contributed by atoms with E-state index < -0.39 is 29.2 Å². The first-order valence-electron chi connectivity index (χ1n) is 14.1. The zero-order valence-electron chi connectivity index (χ0n) is 24.7. The summed E-state index contributed by atoms with van der Waals surface area (Å²) in [5.74, 6) is -0.596. The summed E-state index contributed by atoms with van der Waals surface area (Å²) in [6.45, 7) is 17.9. The van der Waals surface area contributed by atoms with Crippen LogP contribution in [-0.4, -0.2) is 66.7 Å². The molecular weight excluding hydrogens is 569 g/mol. The minimum Gasteiger partial charge on any atom is -0.481 e. The molecule has 4 rings (SSSR count). The monoisotopic (exact) mass is 612 g/mol. The van der Waals surface area contributed by atoms with Gasteiger partial charge in [0.2, 0.25) is 5.95 Å². The van der Waals surface area contributed by atoms with Gasteiger partial charge in [0.05, 0.1) is 25.2 Å². The number of anilines is 1. The topological polar surface area (TPSA) is 151 Å². The van der Waals surface area contributed by atoms with Crippen LogP contribution >= 0.6 is 11.9 Å². The van der Waals surface area contributed by atoms with Crippen LogP contribution in [0.1, 0.15) is 79.9 Å². The van der Waals surface area contributed by atoms with E-state index in [0.29, 0.717) is 29.8 Å². The van der Waals surface area contributed by atoms with Crippen molar-refractivity contribution in [3.8, 4) is 0 Å². The van der Waals surface area contributed by atoms with Crippen LogP contribution < -0.4 is 11.3 Å². The Morgan fingerprint density at radius 1 is 1.12 bits per heavy atom. The average Bonchev–Trinajstić information content (AvgIpc) is 3.39. The van der Waals surface area contributed by atoms with Crippen molar-refractivity contribution in [2.75, 3.05) is 18.1 Å². The number of hydrogen-bond acceptors (Lipinski definition) is 9. The summed E-state index contributed by atoms with van der Waals surface area (Å²) < 4.78 is 29.6. The van der Waals surface area contributed by atoms with Gasteiger partial charge in [-0.3, -0.25) is 18.5 Å². The first-order chi connectivity index (χ1) is 18.7. The van der Waals surface area contributed by atoms with Crippen molar-refractivity contribution < 1.29 is 27.6 Å². The molecule has 0 radical (unpaired) electrons. The molecule has 0 aromatic carbocycles. The maximum atomic E-state index is 12.9. The van der Waals surface area contributed by atoms with Gasteiger partial charge in [-0.25, -0.2) is 4.98 Å². The van der Waals surface area contributed by atoms with Gasteiger partial charge >= 0.3 is 23.1 Å². The number of nitrogens with one attached hydrogen (secondary N) is 1. The molecule has 40 heavy (non-hydrogen) atoms. The van der Waals surface area contributed by atoms with E-state index in [-0.39, 0.29) is 52.3 Å². The zero-order valence-corrected chi connectivity index (χ0v) is 27.5. The number of nitrogens with zero attached hydrogens (tertiary/aromatic N) is 2. The molecule has 0 spiro atoms. The van der Waals surface area contributed by atoms with Crippen molar-refractivity contribution >= 4 is 52.0 Å². The van der Waals surface area contributed by atoms with Gasteiger partial charge in [-0.05, 0) is 34.1 Å². The fourth-order valence-electron chi connectivity index (χ4n) is 6.06. The van der Waals surface area contributed by atoms with E-state index in [9.17, 15) is 9.59 Å². The Balaban J connectivity index is 1.74. The molecule has 11 nitrogen and oxygen atoms in total. The van der Waals surface area contributed by atoms with E-state index >= 15 is 0 Å². The van der Waals surface area contributed by atoms with Gasteiger partial charge in [0.25, 0.3) is 5.56 Å². The molecule has 2 aromatic heterocycles. The maximum absolute atomic E-state index is 12.9. The second-order valence-corrected chi connectivity index (χ2v) is 22.0. The Morgan fingerprint density at radius 2 is 1.75 bits per heavy atom. The highest BCUT2D eigenvalue weighted by Crippen LogP contribution is 2.49. The molecule has 2 saturated heterocycles. The number of carboxylic acid groups (broad SMARTS) is 1. The van der Waals surface area contributed by atoms with Crippen LogP contribution in [0.2, 0.25) is 22.2 Å². The number of fused-ring (bicyclic) bond motifs is 2. The van der Waals surface area contributed by atoms with Crippen LogP contribution in [-0.2, 0) is 22.5 Å². The third-order valence-electron chi connectivity index (χ3n) is 8.10. The number of carboxylic acids is 1. The van der Waals surface area contributed by atoms with E-state index in [1.807, 2.05) is 6.20 Å². The number of H-pyrrole nitrogens is 1. The molecule has 14 heteroatoms. The maximum Gasteiger partial charge on any atom is 0.335 e. The highest BCUT2D eigenvalue weighted by atomic mass is 32.2. The normalized spacial score (nSPS) is 24.6. The molecule has 0 saturated carbocycles. The number of rotatable bonds is 9. The van der Waals surface area contributed by atoms with Gasteiger partial charge in [-0.2, -0.15) is 0 Å². The summed E-state index contributed by atoms with van der Waals surface area (Å²) >= 11 is 1.24. The molecule has 4 N–H and O–H groups in total. The third-order valence-corrected chi connectivity index (χ3v) is 19.3. The number of carbonyl (C=O) groups is 1. The van der Waals surface area contributed by atoms with Crippen molar-refractivity contribution in [1.29, 1.82) is 0 Å². The van der Waals surface area contributed by atoms with E-state index in [0.717, 1.165) is 5.56 Å². The van der Waals surface area contributed by atoms with Crippen LogP contribution in [0.5, 0.6) is 0 Å². The Bertz CT molecular complexity index is 1270. The Morgan fingerprint density at radius 3 is 2.33 bits per heavy atom. The number of aromatic nitrogens is 3. The lowest BCUT2D eigenvalue weighted by Crippen LogP contribution is -2.65. The number of hydrogen-bond donors (Lipinski definition) is 3. The smallest absolute Gasteiger partial charge is 0.335 e. The van der Waals surface area contributed by atoms with Crippen molar-refractivity contribution in [2.45, 2.75) is 109 Å². The number of aliphatic carboxylic acids is 1. The SMILES string of the molecule is CC(C)[Si]1(C(C)C)OC[C@H]2O[C@@H](c3cn(SCCC(=O)O)c4c(=O)[nH]c(N)nc34)CC2O[Si](C(C)C)(C(C)C)O1. The summed E-state index contributed by atoms with van der Waals surface area (Å²) in [5.41, 5.74) is 7.91. The molecule has 0 bridgehead atoms. The quantitative estimate of drug-likeness (QED) is 0.328. The second-order valence-electron chi connectivity index (χ2n) is 12.1. The average molecular weight is 613 g/mol. The van der Waals surface area contributed by atoms with Gasteiger partial charge in [0.1, 0.15) is 17.1 Å². The molecule has 0 aliphatic carbocycles. The highest BCUT2D eigenvalue weighted by Gasteiger charge is 2.60. The van der Waals surface area contributed by atoms with Crippen molar-refractivity contribution in [3.05, 3.63) is 22.1 Å². The molecular formula is C26H44N4O7SSi2. The van der Waals surface area contributed by atoms with Crippen molar-refractivity contribution in [1.82, 2.24) is 13.9 Å². The highest BCUT2D eigenvalue weighted by molar-refractivity contribution is 7.98. The van der Waals surface area contributed by atoms with E-state index in [1.54, 1.807) is 3.97 Å². The molecule has 2 fully saturated rings. The van der Waals surface area contributed by atoms with Crippen LogP contribution in [0.15, 0.2) is 11.0 Å². The second kappa shape index (κ2) is 11.9. The molecule has 1 unspecified atom stereocenters. The summed E-state index contributed by atoms with van der Waals surface area (Å²) in [5, 5.41) is 9.09. The summed E-state index contributed by atoms with van der Waals surface area (Å²) in [6.07, 6.45) is 1.37. The fraction of sp³-hybridized carbons (Fsp3) is 0.731. The lowest BCUT2D eigenvalue weighted by Gasteiger charge is -2.51. The Hall–Kier alpha value is -1.69. The Labute approximate surface area is 242 Å². The summed E-state index contributed by atoms with van der Waals surface area (Å²) in [4.78, 5) is 31.0. The number of aromatic amines is 1. The largest absolute Gasteiger partial charge is 0.481 e. The number of nitrogens with two attached hydrogens (primary N) is 1. The molecule has 2 aromatic rings. The minimum atomic E-state index is -2.79. The van der Waals surface area contributed by atoms with E-state index in [1.165, 1.54) is 11.9 Å². The molecule has 0 amide bonds.